The average molecular weight is 307 g/mol. The first-order chi connectivity index (χ1) is 11.1. The Bertz CT molecular complexity index is 893. The van der Waals surface area contributed by atoms with E-state index in [0.29, 0.717) is 17.8 Å². The number of carbonyl (C=O) groups excluding carboxylic acids is 1. The zero-order valence-corrected chi connectivity index (χ0v) is 13.0. The van der Waals surface area contributed by atoms with Gasteiger partial charge in [-0.2, -0.15) is 0 Å². The molecule has 0 aliphatic rings. The molecule has 0 aliphatic carbocycles. The number of benzene rings is 2. The summed E-state index contributed by atoms with van der Waals surface area (Å²) in [4.78, 5) is 12.1. The number of aromatic hydroxyl groups is 1. The Hall–Kier alpha value is -2.95. The van der Waals surface area contributed by atoms with Crippen molar-refractivity contribution in [1.29, 1.82) is 0 Å². The molecule has 3 rings (SSSR count). The standard InChI is InChI=1S/C18H17N3O2/c1-3-21-15-7-5-4-6-14(15)16(18(21)23)19-20-17(22)13-10-8-12(2)9-11-13/h4-11,23H,3H2,1-2H3. The molecular formula is C18H17N3O2. The second-order valence-corrected chi connectivity index (χ2v) is 5.30. The van der Waals surface area contributed by atoms with Gasteiger partial charge in [-0.05, 0) is 32.0 Å². The third kappa shape index (κ3) is 2.73. The van der Waals surface area contributed by atoms with Crippen LogP contribution >= 0.6 is 0 Å². The van der Waals surface area contributed by atoms with Crippen molar-refractivity contribution in [2.45, 2.75) is 20.4 Å². The fourth-order valence-corrected chi connectivity index (χ4v) is 2.54. The van der Waals surface area contributed by atoms with Gasteiger partial charge in [-0.25, -0.2) is 0 Å². The molecule has 0 unspecified atom stereocenters. The van der Waals surface area contributed by atoms with E-state index in [-0.39, 0.29) is 5.88 Å². The predicted molar refractivity (Wildman–Crippen MR) is 89.3 cm³/mol. The summed E-state index contributed by atoms with van der Waals surface area (Å²) < 4.78 is 1.74. The minimum atomic E-state index is -0.433. The minimum absolute atomic E-state index is 0.0224. The normalized spacial score (nSPS) is 11.4. The Balaban J connectivity index is 1.99. The van der Waals surface area contributed by atoms with Gasteiger partial charge in [0.2, 0.25) is 5.88 Å². The van der Waals surface area contributed by atoms with Gasteiger partial charge in [0.1, 0.15) is 0 Å². The van der Waals surface area contributed by atoms with Crippen LogP contribution in [-0.4, -0.2) is 15.6 Å². The fourth-order valence-electron chi connectivity index (χ4n) is 2.54. The maximum atomic E-state index is 12.1. The van der Waals surface area contributed by atoms with E-state index in [1.807, 2.05) is 50.2 Å². The van der Waals surface area contributed by atoms with Crippen LogP contribution < -0.4 is 0 Å². The maximum Gasteiger partial charge on any atom is 0.295 e. The molecule has 1 amide bonds. The summed E-state index contributed by atoms with van der Waals surface area (Å²) in [6.45, 7) is 4.49. The molecule has 0 fully saturated rings. The first-order valence-corrected chi connectivity index (χ1v) is 7.44. The van der Waals surface area contributed by atoms with Crippen molar-refractivity contribution in [3.8, 4) is 5.88 Å². The molecule has 0 spiro atoms. The van der Waals surface area contributed by atoms with Crippen molar-refractivity contribution in [3.63, 3.8) is 0 Å². The zero-order chi connectivity index (χ0) is 16.4. The van der Waals surface area contributed by atoms with Gasteiger partial charge < -0.3 is 9.67 Å². The van der Waals surface area contributed by atoms with Crippen molar-refractivity contribution in [2.75, 3.05) is 0 Å². The van der Waals surface area contributed by atoms with Crippen LogP contribution in [0.4, 0.5) is 5.69 Å². The molecule has 0 aliphatic heterocycles. The van der Waals surface area contributed by atoms with Gasteiger partial charge in [0, 0.05) is 17.5 Å². The molecule has 0 bridgehead atoms. The summed E-state index contributed by atoms with van der Waals surface area (Å²) in [7, 11) is 0. The van der Waals surface area contributed by atoms with E-state index < -0.39 is 5.91 Å². The number of hydrogen-bond donors (Lipinski definition) is 1. The van der Waals surface area contributed by atoms with Gasteiger partial charge in [-0.15, -0.1) is 10.2 Å². The molecule has 116 valence electrons. The molecule has 0 saturated carbocycles. The number of hydrogen-bond acceptors (Lipinski definition) is 3. The van der Waals surface area contributed by atoms with Crippen molar-refractivity contribution in [1.82, 2.24) is 4.57 Å². The maximum absolute atomic E-state index is 12.1. The summed E-state index contributed by atoms with van der Waals surface area (Å²) in [6.07, 6.45) is 0. The molecular weight excluding hydrogens is 290 g/mol. The lowest BCUT2D eigenvalue weighted by molar-refractivity contribution is 0.0995. The molecule has 1 heterocycles. The Kier molecular flexibility index (Phi) is 3.93. The Labute approximate surface area is 133 Å². The summed E-state index contributed by atoms with van der Waals surface area (Å²) in [5.74, 6) is -0.410. The second-order valence-electron chi connectivity index (χ2n) is 5.30. The lowest BCUT2D eigenvalue weighted by Gasteiger charge is -2.00. The monoisotopic (exact) mass is 307 g/mol. The highest BCUT2D eigenvalue weighted by Gasteiger charge is 2.15. The summed E-state index contributed by atoms with van der Waals surface area (Å²) in [6, 6.07) is 14.6. The van der Waals surface area contributed by atoms with Gasteiger partial charge in [0.15, 0.2) is 5.69 Å². The molecule has 0 radical (unpaired) electrons. The largest absolute Gasteiger partial charge is 0.493 e. The number of nitrogens with zero attached hydrogens (tertiary/aromatic N) is 3. The van der Waals surface area contributed by atoms with E-state index in [0.717, 1.165) is 16.5 Å². The number of rotatable bonds is 3. The average Bonchev–Trinajstić information content (AvgIpc) is 2.84. The van der Waals surface area contributed by atoms with E-state index in [9.17, 15) is 9.90 Å². The molecule has 0 atom stereocenters. The molecule has 5 heteroatoms. The number of aryl methyl sites for hydroxylation is 2. The highest BCUT2D eigenvalue weighted by molar-refractivity contribution is 5.97. The highest BCUT2D eigenvalue weighted by atomic mass is 16.3. The number of aromatic nitrogens is 1. The third-order valence-corrected chi connectivity index (χ3v) is 3.77. The highest BCUT2D eigenvalue weighted by Crippen LogP contribution is 2.38. The Morgan fingerprint density at radius 3 is 2.52 bits per heavy atom. The summed E-state index contributed by atoms with van der Waals surface area (Å²) >= 11 is 0. The smallest absolute Gasteiger partial charge is 0.295 e. The van der Waals surface area contributed by atoms with Crippen LogP contribution in [-0.2, 0) is 6.54 Å². The first-order valence-electron chi connectivity index (χ1n) is 7.44. The van der Waals surface area contributed by atoms with Crippen molar-refractivity contribution in [3.05, 3.63) is 59.7 Å². The van der Waals surface area contributed by atoms with Crippen molar-refractivity contribution < 1.29 is 9.90 Å². The van der Waals surface area contributed by atoms with Crippen LogP contribution in [0.5, 0.6) is 5.88 Å². The number of para-hydroxylation sites is 1. The number of carbonyl (C=O) groups is 1. The van der Waals surface area contributed by atoms with Crippen LogP contribution in [0, 0.1) is 6.92 Å². The Morgan fingerprint density at radius 2 is 1.83 bits per heavy atom. The lowest BCUT2D eigenvalue weighted by atomic mass is 10.1. The van der Waals surface area contributed by atoms with E-state index in [1.54, 1.807) is 16.7 Å². The molecule has 23 heavy (non-hydrogen) atoms. The Morgan fingerprint density at radius 1 is 1.13 bits per heavy atom. The van der Waals surface area contributed by atoms with E-state index >= 15 is 0 Å². The van der Waals surface area contributed by atoms with Crippen LogP contribution in [0.1, 0.15) is 22.8 Å². The molecule has 5 nitrogen and oxygen atoms in total. The third-order valence-electron chi connectivity index (χ3n) is 3.77. The van der Waals surface area contributed by atoms with Gasteiger partial charge >= 0.3 is 0 Å². The predicted octanol–water partition coefficient (Wildman–Crippen LogP) is 4.60. The van der Waals surface area contributed by atoms with Crippen LogP contribution in [0.15, 0.2) is 58.8 Å². The summed E-state index contributed by atoms with van der Waals surface area (Å²) in [5, 5.41) is 18.9. The van der Waals surface area contributed by atoms with Gasteiger partial charge in [0.25, 0.3) is 5.91 Å². The van der Waals surface area contributed by atoms with Crippen LogP contribution in [0.2, 0.25) is 0 Å². The van der Waals surface area contributed by atoms with Crippen LogP contribution in [0.25, 0.3) is 10.9 Å². The molecule has 0 saturated heterocycles. The number of amides is 1. The van der Waals surface area contributed by atoms with Gasteiger partial charge in [0.05, 0.1) is 5.52 Å². The van der Waals surface area contributed by atoms with Crippen LogP contribution in [0.3, 0.4) is 0 Å². The van der Waals surface area contributed by atoms with Crippen molar-refractivity contribution >= 4 is 22.5 Å². The fraction of sp³-hybridized carbons (Fsp3) is 0.167. The van der Waals surface area contributed by atoms with E-state index in [1.165, 1.54) is 0 Å². The second kappa shape index (κ2) is 6.04. The van der Waals surface area contributed by atoms with E-state index in [4.69, 9.17) is 0 Å². The van der Waals surface area contributed by atoms with Gasteiger partial charge in [-0.3, -0.25) is 4.79 Å². The summed E-state index contributed by atoms with van der Waals surface area (Å²) in [5.41, 5.74) is 2.73. The molecule has 1 aromatic heterocycles. The molecule has 3 aromatic rings. The minimum Gasteiger partial charge on any atom is -0.493 e. The van der Waals surface area contributed by atoms with Gasteiger partial charge in [-0.1, -0.05) is 35.9 Å². The van der Waals surface area contributed by atoms with Crippen molar-refractivity contribution in [2.24, 2.45) is 10.2 Å². The molecule has 1 N–H and O–H groups in total. The SMILES string of the molecule is CCn1c(O)c(N=NC(=O)c2ccc(C)cc2)c2ccccc21. The van der Waals surface area contributed by atoms with E-state index in [2.05, 4.69) is 10.2 Å². The number of azo groups is 1. The molecule has 2 aromatic carbocycles. The topological polar surface area (TPSA) is 66.9 Å². The zero-order valence-electron chi connectivity index (χ0n) is 13.0. The lowest BCUT2D eigenvalue weighted by Crippen LogP contribution is -1.93. The quantitative estimate of drug-likeness (QED) is 0.718. The first kappa shape index (κ1) is 15.0. The number of fused-ring (bicyclic) bond motifs is 1.